The molecular formula is C18H15ClF5N5O. The fourth-order valence-corrected chi connectivity index (χ4v) is 3.01. The van der Waals surface area contributed by atoms with Crippen molar-refractivity contribution >= 4 is 23.2 Å². The van der Waals surface area contributed by atoms with E-state index in [1.165, 1.54) is 24.7 Å². The van der Waals surface area contributed by atoms with E-state index < -0.39 is 41.2 Å². The minimum atomic E-state index is -2.23. The van der Waals surface area contributed by atoms with Crippen LogP contribution in [0.15, 0.2) is 12.4 Å². The third-order valence-corrected chi connectivity index (χ3v) is 4.62. The van der Waals surface area contributed by atoms with E-state index in [2.05, 4.69) is 15.5 Å². The Hall–Kier alpha value is -2.95. The predicted octanol–water partition coefficient (Wildman–Crippen LogP) is 4.12. The second-order valence-electron chi connectivity index (χ2n) is 6.47. The molecule has 1 N–H and O–H groups in total. The number of hydrogen-bond acceptors (Lipinski definition) is 3. The maximum atomic E-state index is 14.0. The quantitative estimate of drug-likeness (QED) is 0.351. The Balaban J connectivity index is 1.78. The van der Waals surface area contributed by atoms with E-state index in [-0.39, 0.29) is 30.3 Å². The molecule has 0 spiro atoms. The van der Waals surface area contributed by atoms with Crippen LogP contribution in [0.4, 0.5) is 27.6 Å². The summed E-state index contributed by atoms with van der Waals surface area (Å²) in [4.78, 5) is 12.2. The summed E-state index contributed by atoms with van der Waals surface area (Å²) < 4.78 is 70.5. The van der Waals surface area contributed by atoms with Crippen LogP contribution in [-0.4, -0.2) is 25.5 Å². The first kappa shape index (κ1) is 21.8. The number of aromatic nitrogens is 4. The van der Waals surface area contributed by atoms with Gasteiger partial charge in [-0.2, -0.15) is 10.2 Å². The number of nitrogens with zero attached hydrogens (tertiary/aromatic N) is 4. The number of rotatable bonds is 6. The summed E-state index contributed by atoms with van der Waals surface area (Å²) in [6.07, 6.45) is 3.03. The van der Waals surface area contributed by atoms with Crippen molar-refractivity contribution in [1.29, 1.82) is 0 Å². The number of hydrogen-bond donors (Lipinski definition) is 1. The van der Waals surface area contributed by atoms with Gasteiger partial charge in [0, 0.05) is 19.2 Å². The fourth-order valence-electron chi connectivity index (χ4n) is 2.85. The van der Waals surface area contributed by atoms with Gasteiger partial charge in [-0.25, -0.2) is 22.0 Å². The van der Waals surface area contributed by atoms with Gasteiger partial charge in [-0.15, -0.1) is 0 Å². The molecule has 1 aromatic carbocycles. The van der Waals surface area contributed by atoms with Gasteiger partial charge >= 0.3 is 0 Å². The van der Waals surface area contributed by atoms with Crippen molar-refractivity contribution in [3.8, 4) is 0 Å². The van der Waals surface area contributed by atoms with Crippen molar-refractivity contribution in [2.24, 2.45) is 0 Å². The lowest BCUT2D eigenvalue weighted by Crippen LogP contribution is -2.16. The summed E-state index contributed by atoms with van der Waals surface area (Å²) in [5.74, 6) is -10.5. The van der Waals surface area contributed by atoms with Gasteiger partial charge in [0.15, 0.2) is 23.3 Å². The highest BCUT2D eigenvalue weighted by Crippen LogP contribution is 2.26. The number of benzene rings is 1. The molecule has 0 aliphatic rings. The van der Waals surface area contributed by atoms with Crippen LogP contribution in [0, 0.1) is 42.9 Å². The second-order valence-corrected chi connectivity index (χ2v) is 6.91. The van der Waals surface area contributed by atoms with Gasteiger partial charge in [0.2, 0.25) is 11.7 Å². The van der Waals surface area contributed by atoms with Crippen molar-refractivity contribution in [3.63, 3.8) is 0 Å². The summed E-state index contributed by atoms with van der Waals surface area (Å²) in [5, 5.41) is 11.0. The largest absolute Gasteiger partial charge is 0.323 e. The first-order chi connectivity index (χ1) is 14.1. The molecule has 12 heteroatoms. The minimum absolute atomic E-state index is 0.0553. The normalized spacial score (nSPS) is 11.2. The van der Waals surface area contributed by atoms with Crippen LogP contribution < -0.4 is 5.32 Å². The number of carbonyl (C=O) groups excluding carboxylic acids is 1. The third kappa shape index (κ3) is 4.16. The van der Waals surface area contributed by atoms with Crippen LogP contribution in [0.1, 0.15) is 23.4 Å². The molecule has 6 nitrogen and oxygen atoms in total. The van der Waals surface area contributed by atoms with Gasteiger partial charge in [-0.1, -0.05) is 11.6 Å². The van der Waals surface area contributed by atoms with E-state index in [0.29, 0.717) is 10.7 Å². The average molecular weight is 448 g/mol. The number of anilines is 1. The third-order valence-electron chi connectivity index (χ3n) is 4.42. The van der Waals surface area contributed by atoms with Crippen molar-refractivity contribution in [2.45, 2.75) is 33.4 Å². The molecule has 0 bridgehead atoms. The van der Waals surface area contributed by atoms with E-state index in [9.17, 15) is 26.7 Å². The number of nitrogens with one attached hydrogen (secondary N) is 1. The topological polar surface area (TPSA) is 64.7 Å². The maximum Gasteiger partial charge on any atom is 0.226 e. The lowest BCUT2D eigenvalue weighted by molar-refractivity contribution is -0.116. The summed E-state index contributed by atoms with van der Waals surface area (Å²) in [7, 11) is 0. The molecule has 0 unspecified atom stereocenters. The molecule has 160 valence electrons. The molecule has 2 aromatic heterocycles. The summed E-state index contributed by atoms with van der Waals surface area (Å²) in [6.45, 7) is 2.58. The zero-order chi connectivity index (χ0) is 22.2. The van der Waals surface area contributed by atoms with Gasteiger partial charge in [-0.05, 0) is 13.8 Å². The molecule has 0 fully saturated rings. The Morgan fingerprint density at radius 1 is 1.07 bits per heavy atom. The van der Waals surface area contributed by atoms with E-state index in [1.807, 2.05) is 0 Å². The van der Waals surface area contributed by atoms with E-state index in [4.69, 9.17) is 11.6 Å². The number of amides is 1. The number of halogens is 6. The van der Waals surface area contributed by atoms with Gasteiger partial charge < -0.3 is 5.32 Å². The standard InChI is InChI=1S/C18H15ClF5N5O/c1-8-18(26-12(30)3-4-28-6-10(19)5-25-28)9(2)29(27-8)7-11-13(20)15(22)17(24)16(23)14(11)21/h5-6H,3-4,7H2,1-2H3,(H,26,30). The lowest BCUT2D eigenvalue weighted by atomic mass is 10.1. The molecule has 0 radical (unpaired) electrons. The van der Waals surface area contributed by atoms with Gasteiger partial charge in [-0.3, -0.25) is 14.2 Å². The van der Waals surface area contributed by atoms with Gasteiger partial charge in [0.25, 0.3) is 0 Å². The Morgan fingerprint density at radius 3 is 2.23 bits per heavy atom. The predicted molar refractivity (Wildman–Crippen MR) is 97.5 cm³/mol. The van der Waals surface area contributed by atoms with Crippen LogP contribution in [0.3, 0.4) is 0 Å². The maximum absolute atomic E-state index is 14.0. The number of aryl methyl sites for hydroxylation is 2. The van der Waals surface area contributed by atoms with Crippen molar-refractivity contribution < 1.29 is 26.7 Å². The number of carbonyl (C=O) groups is 1. The molecular weight excluding hydrogens is 433 g/mol. The highest BCUT2D eigenvalue weighted by atomic mass is 35.5. The van der Waals surface area contributed by atoms with Crippen LogP contribution >= 0.6 is 11.6 Å². The molecule has 0 aliphatic carbocycles. The molecule has 30 heavy (non-hydrogen) atoms. The van der Waals surface area contributed by atoms with Crippen molar-refractivity contribution in [1.82, 2.24) is 19.6 Å². The molecule has 0 saturated carbocycles. The molecule has 3 aromatic rings. The summed E-state index contributed by atoms with van der Waals surface area (Å²) in [5.41, 5.74) is -0.147. The molecule has 0 aliphatic heterocycles. The van der Waals surface area contributed by atoms with Crippen LogP contribution in [0.25, 0.3) is 0 Å². The van der Waals surface area contributed by atoms with Gasteiger partial charge in [0.1, 0.15) is 0 Å². The SMILES string of the molecule is Cc1nn(Cc2c(F)c(F)c(F)c(F)c2F)c(C)c1NC(=O)CCn1cc(Cl)cn1. The molecule has 0 atom stereocenters. The first-order valence-corrected chi connectivity index (χ1v) is 9.00. The van der Waals surface area contributed by atoms with Crippen LogP contribution in [-0.2, 0) is 17.9 Å². The van der Waals surface area contributed by atoms with Crippen LogP contribution in [0.5, 0.6) is 0 Å². The van der Waals surface area contributed by atoms with E-state index >= 15 is 0 Å². The highest BCUT2D eigenvalue weighted by Gasteiger charge is 2.27. The Labute approximate surface area is 172 Å². The zero-order valence-corrected chi connectivity index (χ0v) is 16.5. The Kier molecular flexibility index (Phi) is 6.11. The van der Waals surface area contributed by atoms with Gasteiger partial charge in [0.05, 0.1) is 40.4 Å². The highest BCUT2D eigenvalue weighted by molar-refractivity contribution is 6.30. The second kappa shape index (κ2) is 8.42. The van der Waals surface area contributed by atoms with Crippen molar-refractivity contribution in [2.75, 3.05) is 5.32 Å². The molecule has 3 rings (SSSR count). The summed E-state index contributed by atoms with van der Waals surface area (Å²) >= 11 is 5.75. The monoisotopic (exact) mass is 447 g/mol. The zero-order valence-electron chi connectivity index (χ0n) is 15.7. The lowest BCUT2D eigenvalue weighted by Gasteiger charge is -2.10. The molecule has 0 saturated heterocycles. The average Bonchev–Trinajstić information content (AvgIpc) is 3.24. The Bertz CT molecular complexity index is 1100. The van der Waals surface area contributed by atoms with Crippen molar-refractivity contribution in [3.05, 3.63) is 63.5 Å². The smallest absolute Gasteiger partial charge is 0.226 e. The van der Waals surface area contributed by atoms with E-state index in [1.54, 1.807) is 6.20 Å². The molecule has 2 heterocycles. The van der Waals surface area contributed by atoms with Crippen LogP contribution in [0.2, 0.25) is 5.02 Å². The minimum Gasteiger partial charge on any atom is -0.323 e. The Morgan fingerprint density at radius 2 is 1.67 bits per heavy atom. The first-order valence-electron chi connectivity index (χ1n) is 8.62. The van der Waals surface area contributed by atoms with E-state index in [0.717, 1.165) is 4.68 Å². The summed E-state index contributed by atoms with van der Waals surface area (Å²) in [6, 6.07) is 0. The molecule has 1 amide bonds. The fraction of sp³-hybridized carbons (Fsp3) is 0.278.